The molecule has 1 aromatic carbocycles. The predicted molar refractivity (Wildman–Crippen MR) is 107 cm³/mol. The quantitative estimate of drug-likeness (QED) is 0.666. The highest BCUT2D eigenvalue weighted by Crippen LogP contribution is 2.32. The molecule has 26 heavy (non-hydrogen) atoms. The normalized spacial score (nSPS) is 10.9. The van der Waals surface area contributed by atoms with Crippen LogP contribution < -0.4 is 5.43 Å². The average Bonchev–Trinajstić information content (AvgIpc) is 3.01. The summed E-state index contributed by atoms with van der Waals surface area (Å²) in [5.74, 6) is -1.23. The van der Waals surface area contributed by atoms with Gasteiger partial charge in [0.25, 0.3) is 0 Å². The van der Waals surface area contributed by atoms with Crippen molar-refractivity contribution in [3.05, 3.63) is 67.8 Å². The van der Waals surface area contributed by atoms with Gasteiger partial charge in [-0.3, -0.25) is 4.79 Å². The second kappa shape index (κ2) is 7.09. The van der Waals surface area contributed by atoms with Gasteiger partial charge in [-0.15, -0.1) is 11.3 Å². The van der Waals surface area contributed by atoms with Crippen molar-refractivity contribution in [2.45, 2.75) is 27.3 Å². The van der Waals surface area contributed by atoms with Crippen molar-refractivity contribution in [3.63, 3.8) is 0 Å². The van der Waals surface area contributed by atoms with Crippen LogP contribution in [-0.4, -0.2) is 15.6 Å². The van der Waals surface area contributed by atoms with Crippen molar-refractivity contribution >= 4 is 28.9 Å². The molecule has 0 saturated heterocycles. The van der Waals surface area contributed by atoms with E-state index in [4.69, 9.17) is 11.6 Å². The molecular weight excluding hydrogens is 370 g/mol. The van der Waals surface area contributed by atoms with Crippen LogP contribution in [0.2, 0.25) is 5.02 Å². The van der Waals surface area contributed by atoms with Gasteiger partial charge >= 0.3 is 5.97 Å². The number of halogens is 1. The highest BCUT2D eigenvalue weighted by atomic mass is 35.5. The smallest absolute Gasteiger partial charge is 0.341 e. The Morgan fingerprint density at radius 1 is 1.23 bits per heavy atom. The van der Waals surface area contributed by atoms with Crippen LogP contribution in [0.15, 0.2) is 40.5 Å². The molecule has 4 nitrogen and oxygen atoms in total. The fourth-order valence-electron chi connectivity index (χ4n) is 3.19. The molecule has 0 aliphatic rings. The monoisotopic (exact) mass is 387 g/mol. The molecule has 0 fully saturated rings. The van der Waals surface area contributed by atoms with E-state index in [9.17, 15) is 14.7 Å². The Labute approximate surface area is 160 Å². The first-order chi connectivity index (χ1) is 12.3. The van der Waals surface area contributed by atoms with Gasteiger partial charge in [0.05, 0.1) is 11.3 Å². The zero-order chi connectivity index (χ0) is 19.0. The second-order valence-corrected chi connectivity index (χ2v) is 7.41. The summed E-state index contributed by atoms with van der Waals surface area (Å²) in [5.41, 5.74) is 2.67. The molecule has 134 valence electrons. The number of thiophene rings is 1. The summed E-state index contributed by atoms with van der Waals surface area (Å²) in [4.78, 5) is 26.0. The molecule has 0 spiro atoms. The van der Waals surface area contributed by atoms with Gasteiger partial charge in [0.2, 0.25) is 5.43 Å². The lowest BCUT2D eigenvalue weighted by Crippen LogP contribution is -2.25. The fourth-order valence-corrected chi connectivity index (χ4v) is 4.31. The van der Waals surface area contributed by atoms with Gasteiger partial charge < -0.3 is 9.67 Å². The number of benzene rings is 1. The SMILES string of the molecule is CCn1c(C)c(-c2cc(C)cs2)c(=O)c(C(=O)O)c1-c1ccc(Cl)cc1. The van der Waals surface area contributed by atoms with Crippen molar-refractivity contribution in [1.82, 2.24) is 4.57 Å². The van der Waals surface area contributed by atoms with Crippen molar-refractivity contribution in [2.24, 2.45) is 0 Å². The van der Waals surface area contributed by atoms with Gasteiger partial charge in [0.15, 0.2) is 0 Å². The molecular formula is C20H18ClNO3S. The molecule has 0 aliphatic carbocycles. The fraction of sp³-hybridized carbons (Fsp3) is 0.200. The number of rotatable bonds is 4. The third-order valence-electron chi connectivity index (χ3n) is 4.35. The Hall–Kier alpha value is -2.37. The van der Waals surface area contributed by atoms with Crippen LogP contribution in [0.4, 0.5) is 0 Å². The molecule has 0 amide bonds. The van der Waals surface area contributed by atoms with Gasteiger partial charge in [0.1, 0.15) is 5.56 Å². The number of aryl methyl sites for hydroxylation is 1. The third kappa shape index (κ3) is 3.08. The van der Waals surface area contributed by atoms with E-state index in [0.29, 0.717) is 28.4 Å². The summed E-state index contributed by atoms with van der Waals surface area (Å²) in [5, 5.41) is 12.3. The predicted octanol–water partition coefficient (Wildman–Crippen LogP) is 5.23. The molecule has 2 heterocycles. The van der Waals surface area contributed by atoms with E-state index >= 15 is 0 Å². The lowest BCUT2D eigenvalue weighted by atomic mass is 9.99. The number of aromatic carboxylic acids is 1. The number of hydrogen-bond acceptors (Lipinski definition) is 3. The van der Waals surface area contributed by atoms with E-state index in [2.05, 4.69) is 0 Å². The van der Waals surface area contributed by atoms with Crippen LogP contribution in [0.1, 0.15) is 28.5 Å². The first kappa shape index (κ1) is 18.4. The summed E-state index contributed by atoms with van der Waals surface area (Å²) < 4.78 is 1.89. The number of carboxylic acid groups (broad SMARTS) is 1. The summed E-state index contributed by atoms with van der Waals surface area (Å²) in [6.07, 6.45) is 0. The molecule has 0 saturated carbocycles. The number of carboxylic acids is 1. The van der Waals surface area contributed by atoms with Crippen LogP contribution in [-0.2, 0) is 6.54 Å². The first-order valence-electron chi connectivity index (χ1n) is 8.17. The van der Waals surface area contributed by atoms with Gasteiger partial charge in [-0.1, -0.05) is 23.7 Å². The summed E-state index contributed by atoms with van der Waals surface area (Å²) in [7, 11) is 0. The van der Waals surface area contributed by atoms with Gasteiger partial charge in [-0.2, -0.15) is 0 Å². The standard InChI is InChI=1S/C20H18ClNO3S/c1-4-22-12(3)16(15-9-11(2)10-26-15)19(23)17(20(24)25)18(22)13-5-7-14(21)8-6-13/h5-10H,4H2,1-3H3,(H,24,25). The molecule has 1 N–H and O–H groups in total. The third-order valence-corrected chi connectivity index (χ3v) is 5.67. The van der Waals surface area contributed by atoms with Crippen molar-refractivity contribution < 1.29 is 9.90 Å². The topological polar surface area (TPSA) is 59.3 Å². The maximum atomic E-state index is 13.2. The molecule has 0 bridgehead atoms. The van der Waals surface area contributed by atoms with E-state index in [1.54, 1.807) is 24.3 Å². The maximum absolute atomic E-state index is 13.2. The minimum atomic E-state index is -1.23. The molecule has 0 unspecified atom stereocenters. The molecule has 6 heteroatoms. The molecule has 3 aromatic rings. The lowest BCUT2D eigenvalue weighted by molar-refractivity contribution is 0.0695. The highest BCUT2D eigenvalue weighted by molar-refractivity contribution is 7.13. The van der Waals surface area contributed by atoms with Crippen molar-refractivity contribution in [3.8, 4) is 21.7 Å². The van der Waals surface area contributed by atoms with Crippen LogP contribution in [0.5, 0.6) is 0 Å². The van der Waals surface area contributed by atoms with E-state index in [1.165, 1.54) is 11.3 Å². The van der Waals surface area contributed by atoms with Gasteiger partial charge in [0, 0.05) is 22.1 Å². The average molecular weight is 388 g/mol. The van der Waals surface area contributed by atoms with Crippen molar-refractivity contribution in [2.75, 3.05) is 0 Å². The van der Waals surface area contributed by atoms with Crippen LogP contribution in [0.25, 0.3) is 21.7 Å². The molecule has 2 aromatic heterocycles. The largest absolute Gasteiger partial charge is 0.477 e. The minimum Gasteiger partial charge on any atom is -0.477 e. The van der Waals surface area contributed by atoms with Crippen molar-refractivity contribution in [1.29, 1.82) is 0 Å². The number of hydrogen-bond donors (Lipinski definition) is 1. The molecule has 0 aliphatic heterocycles. The Morgan fingerprint density at radius 3 is 2.38 bits per heavy atom. The zero-order valence-corrected chi connectivity index (χ0v) is 16.2. The van der Waals surface area contributed by atoms with E-state index in [0.717, 1.165) is 16.1 Å². The minimum absolute atomic E-state index is 0.208. The van der Waals surface area contributed by atoms with E-state index in [1.807, 2.05) is 36.8 Å². The van der Waals surface area contributed by atoms with Crippen LogP contribution in [0, 0.1) is 13.8 Å². The maximum Gasteiger partial charge on any atom is 0.341 e. The molecule has 0 radical (unpaired) electrons. The molecule has 3 rings (SSSR count). The Bertz CT molecular complexity index is 1050. The van der Waals surface area contributed by atoms with Gasteiger partial charge in [-0.25, -0.2) is 4.79 Å². The van der Waals surface area contributed by atoms with Gasteiger partial charge in [-0.05, 0) is 55.5 Å². The van der Waals surface area contributed by atoms with E-state index in [-0.39, 0.29) is 5.56 Å². The zero-order valence-electron chi connectivity index (χ0n) is 14.7. The Morgan fingerprint density at radius 2 is 1.88 bits per heavy atom. The number of pyridine rings is 1. The number of aromatic nitrogens is 1. The highest BCUT2D eigenvalue weighted by Gasteiger charge is 2.25. The summed E-state index contributed by atoms with van der Waals surface area (Å²) in [6, 6.07) is 8.79. The first-order valence-corrected chi connectivity index (χ1v) is 9.43. The molecule has 0 atom stereocenters. The Balaban J connectivity index is 2.44. The summed E-state index contributed by atoms with van der Waals surface area (Å²) in [6.45, 7) is 6.29. The summed E-state index contributed by atoms with van der Waals surface area (Å²) >= 11 is 7.41. The number of nitrogens with zero attached hydrogens (tertiary/aromatic N) is 1. The number of carbonyl (C=O) groups is 1. The Kier molecular flexibility index (Phi) is 5.03. The second-order valence-electron chi connectivity index (χ2n) is 6.06. The van der Waals surface area contributed by atoms with E-state index < -0.39 is 11.4 Å². The lowest BCUT2D eigenvalue weighted by Gasteiger charge is -2.20. The van der Waals surface area contributed by atoms with Crippen LogP contribution >= 0.6 is 22.9 Å². The van der Waals surface area contributed by atoms with Crippen LogP contribution in [0.3, 0.4) is 0 Å².